The number of hydrogen-bond donors (Lipinski definition) is 0. The maximum atomic E-state index is 12.6. The van der Waals surface area contributed by atoms with E-state index in [0.29, 0.717) is 49.8 Å². The van der Waals surface area contributed by atoms with Gasteiger partial charge >= 0.3 is 0 Å². The molecule has 1 aromatic carbocycles. The van der Waals surface area contributed by atoms with Gasteiger partial charge in [0.25, 0.3) is 0 Å². The minimum absolute atomic E-state index is 0.0107. The number of Topliss-reactive ketones (excluding diaryl/α,β-unsaturated/α-hetero) is 1. The summed E-state index contributed by atoms with van der Waals surface area (Å²) in [6.45, 7) is 4.28. The van der Waals surface area contributed by atoms with Gasteiger partial charge in [0.2, 0.25) is 5.91 Å². The lowest BCUT2D eigenvalue weighted by atomic mass is 9.88. The van der Waals surface area contributed by atoms with E-state index in [9.17, 15) is 9.59 Å². The number of ether oxygens (including phenoxy) is 2. The summed E-state index contributed by atoms with van der Waals surface area (Å²) in [5.41, 5.74) is 0.671. The molecule has 0 aliphatic carbocycles. The van der Waals surface area contributed by atoms with Crippen molar-refractivity contribution >= 4 is 11.7 Å². The molecule has 118 valence electrons. The fraction of sp³-hybridized carbons (Fsp3) is 0.529. The molecule has 2 aliphatic rings. The largest absolute Gasteiger partial charge is 0.486 e. The number of nitrogens with zero attached hydrogens (tertiary/aromatic N) is 1. The number of benzene rings is 1. The Balaban J connectivity index is 1.66. The summed E-state index contributed by atoms with van der Waals surface area (Å²) in [5.74, 6) is 1.65. The highest BCUT2D eigenvalue weighted by atomic mass is 16.6. The van der Waals surface area contributed by atoms with Crippen LogP contribution in [-0.2, 0) is 4.79 Å². The Labute approximate surface area is 130 Å². The van der Waals surface area contributed by atoms with Crippen molar-refractivity contribution in [3.8, 4) is 11.5 Å². The average Bonchev–Trinajstić information content (AvgIpc) is 2.60. The number of rotatable bonds is 3. The number of carbonyl (C=O) groups is 2. The summed E-state index contributed by atoms with van der Waals surface area (Å²) in [7, 11) is 0. The summed E-state index contributed by atoms with van der Waals surface area (Å²) < 4.78 is 11.0. The number of ketones is 1. The van der Waals surface area contributed by atoms with Gasteiger partial charge in [0, 0.05) is 31.0 Å². The average molecular weight is 303 g/mol. The molecule has 1 aromatic rings. The number of fused-ring (bicyclic) bond motifs is 1. The minimum atomic E-state index is -0.0107. The summed E-state index contributed by atoms with van der Waals surface area (Å²) in [4.78, 5) is 26.2. The SMILES string of the molecule is CCC(=O)N1CCC(C(=O)c2ccc3c(c2)OCCO3)CC1. The number of hydrogen-bond acceptors (Lipinski definition) is 4. The number of piperidine rings is 1. The molecule has 2 heterocycles. The molecule has 1 amide bonds. The molecule has 0 unspecified atom stereocenters. The molecule has 0 radical (unpaired) electrons. The first-order valence-electron chi connectivity index (χ1n) is 7.90. The molecule has 1 fully saturated rings. The van der Waals surface area contributed by atoms with Crippen molar-refractivity contribution in [2.45, 2.75) is 26.2 Å². The second kappa shape index (κ2) is 6.38. The van der Waals surface area contributed by atoms with Crippen molar-refractivity contribution in [2.75, 3.05) is 26.3 Å². The van der Waals surface area contributed by atoms with Crippen LogP contribution in [0.2, 0.25) is 0 Å². The Morgan fingerprint density at radius 3 is 2.50 bits per heavy atom. The van der Waals surface area contributed by atoms with Crippen LogP contribution in [0, 0.1) is 5.92 Å². The lowest BCUT2D eigenvalue weighted by Crippen LogP contribution is -2.39. The lowest BCUT2D eigenvalue weighted by molar-refractivity contribution is -0.132. The van der Waals surface area contributed by atoms with Gasteiger partial charge in [0.05, 0.1) is 0 Å². The standard InChI is InChI=1S/C17H21NO4/c1-2-16(19)18-7-5-12(6-8-18)17(20)13-3-4-14-15(11-13)22-10-9-21-14/h3-4,11-12H,2,5-10H2,1H3. The molecule has 0 N–H and O–H groups in total. The predicted octanol–water partition coefficient (Wildman–Crippen LogP) is 2.29. The Hall–Kier alpha value is -2.04. The molecule has 0 saturated carbocycles. The van der Waals surface area contributed by atoms with Crippen LogP contribution in [0.25, 0.3) is 0 Å². The van der Waals surface area contributed by atoms with Crippen LogP contribution < -0.4 is 9.47 Å². The first-order chi connectivity index (χ1) is 10.7. The van der Waals surface area contributed by atoms with E-state index in [1.54, 1.807) is 18.2 Å². The molecule has 1 saturated heterocycles. The van der Waals surface area contributed by atoms with E-state index in [2.05, 4.69) is 0 Å². The Morgan fingerprint density at radius 1 is 1.14 bits per heavy atom. The first kappa shape index (κ1) is 14.9. The van der Waals surface area contributed by atoms with Crippen molar-refractivity contribution in [1.82, 2.24) is 4.90 Å². The monoisotopic (exact) mass is 303 g/mol. The van der Waals surface area contributed by atoms with Gasteiger partial charge in [-0.2, -0.15) is 0 Å². The maximum Gasteiger partial charge on any atom is 0.222 e. The smallest absolute Gasteiger partial charge is 0.222 e. The molecule has 0 spiro atoms. The van der Waals surface area contributed by atoms with E-state index >= 15 is 0 Å². The van der Waals surface area contributed by atoms with Gasteiger partial charge in [-0.15, -0.1) is 0 Å². The zero-order valence-electron chi connectivity index (χ0n) is 12.8. The molecule has 3 rings (SSSR count). The highest BCUT2D eigenvalue weighted by Crippen LogP contribution is 2.32. The Morgan fingerprint density at radius 2 is 1.82 bits per heavy atom. The summed E-state index contributed by atoms with van der Waals surface area (Å²) >= 11 is 0. The third-order valence-electron chi connectivity index (χ3n) is 4.35. The van der Waals surface area contributed by atoms with E-state index in [-0.39, 0.29) is 17.6 Å². The van der Waals surface area contributed by atoms with Gasteiger partial charge in [-0.25, -0.2) is 0 Å². The predicted molar refractivity (Wildman–Crippen MR) is 81.4 cm³/mol. The van der Waals surface area contributed by atoms with Crippen molar-refractivity contribution in [3.63, 3.8) is 0 Å². The van der Waals surface area contributed by atoms with E-state index in [0.717, 1.165) is 12.8 Å². The zero-order valence-corrected chi connectivity index (χ0v) is 12.8. The third-order valence-corrected chi connectivity index (χ3v) is 4.35. The quantitative estimate of drug-likeness (QED) is 0.804. The summed E-state index contributed by atoms with van der Waals surface area (Å²) in [6.07, 6.45) is 2.00. The fourth-order valence-corrected chi connectivity index (χ4v) is 3.05. The molecule has 2 aliphatic heterocycles. The van der Waals surface area contributed by atoms with Crippen molar-refractivity contribution in [3.05, 3.63) is 23.8 Å². The Kier molecular flexibility index (Phi) is 4.32. The lowest BCUT2D eigenvalue weighted by Gasteiger charge is -2.31. The number of amides is 1. The molecule has 0 aromatic heterocycles. The van der Waals surface area contributed by atoms with Crippen LogP contribution in [0.3, 0.4) is 0 Å². The molecular formula is C17H21NO4. The van der Waals surface area contributed by atoms with Gasteiger partial charge in [0.15, 0.2) is 17.3 Å². The zero-order chi connectivity index (χ0) is 15.5. The van der Waals surface area contributed by atoms with Crippen molar-refractivity contribution < 1.29 is 19.1 Å². The van der Waals surface area contributed by atoms with Crippen LogP contribution in [0.5, 0.6) is 11.5 Å². The van der Waals surface area contributed by atoms with Gasteiger partial charge in [0.1, 0.15) is 13.2 Å². The van der Waals surface area contributed by atoms with Gasteiger partial charge < -0.3 is 14.4 Å². The van der Waals surface area contributed by atoms with Gasteiger partial charge in [-0.05, 0) is 31.0 Å². The van der Waals surface area contributed by atoms with Crippen LogP contribution in [0.15, 0.2) is 18.2 Å². The second-order valence-corrected chi connectivity index (χ2v) is 5.73. The second-order valence-electron chi connectivity index (χ2n) is 5.73. The summed E-state index contributed by atoms with van der Waals surface area (Å²) in [5, 5.41) is 0. The van der Waals surface area contributed by atoms with E-state index in [4.69, 9.17) is 9.47 Å². The van der Waals surface area contributed by atoms with Crippen LogP contribution in [0.4, 0.5) is 0 Å². The maximum absolute atomic E-state index is 12.6. The number of carbonyl (C=O) groups excluding carboxylic acids is 2. The van der Waals surface area contributed by atoms with Gasteiger partial charge in [-0.1, -0.05) is 6.92 Å². The Bertz CT molecular complexity index is 576. The van der Waals surface area contributed by atoms with Crippen molar-refractivity contribution in [2.24, 2.45) is 5.92 Å². The molecule has 22 heavy (non-hydrogen) atoms. The number of likely N-dealkylation sites (tertiary alicyclic amines) is 1. The topological polar surface area (TPSA) is 55.8 Å². The van der Waals surface area contributed by atoms with E-state index in [1.807, 2.05) is 11.8 Å². The van der Waals surface area contributed by atoms with Crippen LogP contribution in [0.1, 0.15) is 36.5 Å². The highest BCUT2D eigenvalue weighted by molar-refractivity contribution is 5.98. The van der Waals surface area contributed by atoms with Gasteiger partial charge in [-0.3, -0.25) is 9.59 Å². The third kappa shape index (κ3) is 2.93. The van der Waals surface area contributed by atoms with E-state index in [1.165, 1.54) is 0 Å². The van der Waals surface area contributed by atoms with Crippen molar-refractivity contribution in [1.29, 1.82) is 0 Å². The fourth-order valence-electron chi connectivity index (χ4n) is 3.05. The molecular weight excluding hydrogens is 282 g/mol. The first-order valence-corrected chi connectivity index (χ1v) is 7.90. The highest BCUT2D eigenvalue weighted by Gasteiger charge is 2.28. The molecule has 5 heteroatoms. The normalized spacial score (nSPS) is 18.1. The minimum Gasteiger partial charge on any atom is -0.486 e. The molecule has 0 bridgehead atoms. The molecule has 0 atom stereocenters. The van der Waals surface area contributed by atoms with E-state index < -0.39 is 0 Å². The van der Waals surface area contributed by atoms with Crippen LogP contribution >= 0.6 is 0 Å². The van der Waals surface area contributed by atoms with Crippen LogP contribution in [-0.4, -0.2) is 42.9 Å². The summed E-state index contributed by atoms with van der Waals surface area (Å²) in [6, 6.07) is 5.39. The molecule has 5 nitrogen and oxygen atoms in total.